The fraction of sp³-hybridized carbons (Fsp3) is 0.517. The van der Waals surface area contributed by atoms with Gasteiger partial charge in [0.15, 0.2) is 17.4 Å². The van der Waals surface area contributed by atoms with Crippen molar-refractivity contribution in [3.05, 3.63) is 185 Å². The first-order valence-electron chi connectivity index (χ1n) is 40.0. The summed E-state index contributed by atoms with van der Waals surface area (Å²) in [6.07, 6.45) is 23.2. The highest BCUT2D eigenvalue weighted by Crippen LogP contribution is 2.41. The molecule has 6 aromatic rings. The van der Waals surface area contributed by atoms with Crippen LogP contribution < -0.4 is 43.7 Å². The van der Waals surface area contributed by atoms with Crippen molar-refractivity contribution in [2.75, 3.05) is 5.75 Å². The van der Waals surface area contributed by atoms with Crippen molar-refractivity contribution in [1.29, 1.82) is 0 Å². The molecule has 1 amide bonds. The number of fused-ring (bicyclic) bond motifs is 1. The van der Waals surface area contributed by atoms with E-state index in [0.717, 1.165) is 39.7 Å². The molecule has 2 aliphatic heterocycles. The van der Waals surface area contributed by atoms with Gasteiger partial charge >= 0.3 is 33.8 Å². The van der Waals surface area contributed by atoms with Crippen LogP contribution in [0.25, 0.3) is 11.4 Å². The number of aryl methyl sites for hydroxylation is 1. The van der Waals surface area contributed by atoms with Crippen LogP contribution in [-0.2, 0) is 9.57 Å². The summed E-state index contributed by atoms with van der Waals surface area (Å²) in [6.45, 7) is 44.6. The van der Waals surface area contributed by atoms with E-state index >= 15 is 0 Å². The molecule has 25 heteroatoms. The van der Waals surface area contributed by atoms with E-state index in [0.29, 0.717) is 86.1 Å². The number of aromatic hydroxyl groups is 1. The van der Waals surface area contributed by atoms with Crippen LogP contribution in [-0.4, -0.2) is 143 Å². The van der Waals surface area contributed by atoms with E-state index in [9.17, 15) is 39.4 Å². The molecule has 0 saturated carbocycles. The molecule has 5 atom stereocenters. The predicted molar refractivity (Wildman–Crippen MR) is 466 cm³/mol. The average Bonchev–Trinajstić information content (AvgIpc) is 1.64. The zero-order chi connectivity index (χ0) is 84.1. The number of nitrogens with one attached hydrogen (secondary N) is 3. The molecular formula is C87H132B4N8O12S. The predicted octanol–water partition coefficient (Wildman–Crippen LogP) is 13.6. The van der Waals surface area contributed by atoms with Crippen LogP contribution in [0.5, 0.6) is 5.75 Å². The van der Waals surface area contributed by atoms with Crippen LogP contribution in [0, 0.1) is 36.0 Å². The monoisotopic (exact) mass is 1560 g/mol. The number of allylic oxidation sites excluding steroid dienone is 4. The highest BCUT2D eigenvalue weighted by molar-refractivity contribution is 8.00. The number of thioether (sulfide) groups is 1. The number of nitrogens with two attached hydrogens (primary N) is 1. The molecule has 11 N–H and O–H groups in total. The molecule has 2 saturated heterocycles. The fourth-order valence-electron chi connectivity index (χ4n) is 12.3. The zero-order valence-electron chi connectivity index (χ0n) is 70.8. The molecule has 1 aromatic heterocycles. The lowest BCUT2D eigenvalue weighted by Crippen LogP contribution is -2.42. The molecule has 2 fully saturated rings. The number of Topliss-reactive ketones (excluding diaryl/α,β-unsaturated/α-hetero) is 2. The minimum Gasteiger partial charge on any atom is -0.507 e. The molecular weight excluding hydrogens is 1420 g/mol. The Hall–Kier alpha value is -7.73. The molecule has 112 heavy (non-hydrogen) atoms. The minimum atomic E-state index is -1.49. The van der Waals surface area contributed by atoms with Crippen molar-refractivity contribution in [1.82, 2.24) is 36.3 Å². The summed E-state index contributed by atoms with van der Waals surface area (Å²) in [4.78, 5) is 49.8. The standard InChI is InChI=1S/C12H14N4.C11H16BNO2.C11H15BO2.C11H13NO4.C11H20O.C11H20.C10H16B2O3.C10H18N2S/c1-8(2)10-4-6-11(7-5-10)12-15-13-9(3)14-16-12;1-8(2)13-11(14)9-4-6-10(7-5-9)12(3)15;1-8(2)11(13)9-4-6-10(7-5-9)12(3)14;1-6(2)10(14)7-3-4-8(9(13)5-7)11(15)16-12;1-10(2)12-11-8-6-4-3-5-7-9-11;1-10(2)11-8-6-4-3-5-7-9-11;1-7(2)8-4-9(11(3)13)6-10(5-8)12(14)15;1-6-11-7-5-13-9(8(7)12-6)10(2,3)4/h4-8H,1-3H3;4-8,15H,1-3H3,(H,13,14);4-8,14H,1-3H3;3-6,13H,12H2,1-2H3;3-4,10-11H,5-9H2,1-2H3;3-4,10-11H,5-9H2,1-2H3;4-7,13-15H,1-3H3;7-9,11-12H,1,5H2,2-4H3/b;;;;2*4-3+;;. The maximum Gasteiger partial charge on any atom is 0.488 e. The second-order valence-electron chi connectivity index (χ2n) is 32.4. The van der Waals surface area contributed by atoms with Crippen LogP contribution in [0.15, 0.2) is 146 Å². The number of hydrogen-bond acceptors (Lipinski definition) is 20. The second kappa shape index (κ2) is 50.5. The third kappa shape index (κ3) is 36.2. The molecule has 0 radical (unpaired) electrons. The Balaban J connectivity index is 0.000000332. The quantitative estimate of drug-likeness (QED) is 0.0176. The molecule has 20 nitrogen and oxygen atoms in total. The van der Waals surface area contributed by atoms with Gasteiger partial charge in [0.2, 0.25) is 5.82 Å². The van der Waals surface area contributed by atoms with Gasteiger partial charge in [-0.1, -0.05) is 226 Å². The lowest BCUT2D eigenvalue weighted by atomic mass is 9.61. The SMILES string of the molecule is C=C1NC2CSC(C(C)(C)C)C2N1.CB(O)c1cc(B(O)O)cc(C(C)C)c1.CB(O)c1ccc(C(=O)C(C)C)cc1.CB(O)c1ccc(C(=O)NC(C)C)cc1.CC(C)C(=O)c1ccc(C(=O)ON)c(O)c1.CC(C)C1CC/C=C/CCC1.CC(C)OC1CC/C=C/CCC1.Cc1nnc(-c2ccc(C(C)C)cc2)nn1. The number of nitrogens with zero attached hydrogens (tertiary/aromatic N) is 4. The highest BCUT2D eigenvalue weighted by atomic mass is 32.2. The summed E-state index contributed by atoms with van der Waals surface area (Å²) in [5.41, 5.74) is 8.03. The Morgan fingerprint density at radius 2 is 1.07 bits per heavy atom. The van der Waals surface area contributed by atoms with Gasteiger partial charge in [-0.3, -0.25) is 14.4 Å². The minimum absolute atomic E-state index is 0.0207. The second-order valence-corrected chi connectivity index (χ2v) is 33.5. The van der Waals surface area contributed by atoms with Gasteiger partial charge in [-0.2, -0.15) is 17.7 Å². The van der Waals surface area contributed by atoms with Crippen LogP contribution in [0.4, 0.5) is 0 Å². The van der Waals surface area contributed by atoms with Gasteiger partial charge in [-0.15, -0.1) is 20.4 Å². The normalized spacial score (nSPS) is 17.4. The topological polar surface area (TPSA) is 322 Å². The summed E-state index contributed by atoms with van der Waals surface area (Å²) < 4.78 is 5.79. The third-order valence-electron chi connectivity index (χ3n) is 19.0. The summed E-state index contributed by atoms with van der Waals surface area (Å²) in [6, 6.07) is 32.8. The largest absolute Gasteiger partial charge is 0.507 e. The molecule has 610 valence electrons. The van der Waals surface area contributed by atoms with Gasteiger partial charge in [-0.05, 0) is 185 Å². The van der Waals surface area contributed by atoms with Crippen LogP contribution in [0.1, 0.15) is 252 Å². The molecule has 5 unspecified atom stereocenters. The Bertz CT molecular complexity index is 3770. The van der Waals surface area contributed by atoms with Gasteiger partial charge in [0.05, 0.1) is 30.1 Å². The Kier molecular flexibility index (Phi) is 44.4. The molecule has 10 rings (SSSR count). The summed E-state index contributed by atoms with van der Waals surface area (Å²) in [5.74, 6) is 9.39. The number of amides is 1. The van der Waals surface area contributed by atoms with Crippen LogP contribution in [0.2, 0.25) is 20.5 Å². The molecule has 0 spiro atoms. The van der Waals surface area contributed by atoms with Gasteiger partial charge in [0, 0.05) is 51.1 Å². The third-order valence-corrected chi connectivity index (χ3v) is 20.9. The van der Waals surface area contributed by atoms with Gasteiger partial charge in [0.1, 0.15) is 11.3 Å². The lowest BCUT2D eigenvalue weighted by molar-refractivity contribution is -0.00214. The highest BCUT2D eigenvalue weighted by Gasteiger charge is 2.46. The number of hydrogen-bond donors (Lipinski definition) is 10. The molecule has 3 heterocycles. The number of benzene rings is 5. The summed E-state index contributed by atoms with van der Waals surface area (Å²) in [7, 11) is -1.49. The van der Waals surface area contributed by atoms with Crippen molar-refractivity contribution in [2.45, 2.75) is 257 Å². The smallest absolute Gasteiger partial charge is 0.488 e. The summed E-state index contributed by atoms with van der Waals surface area (Å²) >= 11 is 2.08. The van der Waals surface area contributed by atoms with Crippen LogP contribution >= 0.6 is 11.8 Å². The molecule has 5 aromatic carbocycles. The van der Waals surface area contributed by atoms with E-state index in [1.54, 1.807) is 102 Å². The van der Waals surface area contributed by atoms with E-state index < -0.39 is 33.8 Å². The average molecular weight is 1560 g/mol. The number of aromatic nitrogens is 4. The molecule has 0 bridgehead atoms. The number of ketones is 2. The Morgan fingerprint density at radius 1 is 0.580 bits per heavy atom. The van der Waals surface area contributed by atoms with Crippen molar-refractivity contribution >= 4 is 84.9 Å². The Labute approximate surface area is 676 Å². The first kappa shape index (κ1) is 98.5. The van der Waals surface area contributed by atoms with E-state index in [1.165, 1.54) is 93.7 Å². The van der Waals surface area contributed by atoms with Gasteiger partial charge in [-0.25, -0.2) is 4.79 Å². The number of carbonyl (C=O) groups excluding carboxylic acids is 4. The first-order valence-corrected chi connectivity index (χ1v) is 41.0. The van der Waals surface area contributed by atoms with Crippen molar-refractivity contribution < 1.29 is 59.0 Å². The molecule has 4 aliphatic rings. The first-order chi connectivity index (χ1) is 52.6. The van der Waals surface area contributed by atoms with Crippen molar-refractivity contribution in [2.24, 2.45) is 35.0 Å². The van der Waals surface area contributed by atoms with Crippen molar-refractivity contribution in [3.63, 3.8) is 0 Å². The van der Waals surface area contributed by atoms with Gasteiger partial charge < -0.3 is 55.8 Å². The lowest BCUT2D eigenvalue weighted by Gasteiger charge is -2.30. The van der Waals surface area contributed by atoms with E-state index in [1.807, 2.05) is 59.7 Å². The summed E-state index contributed by atoms with van der Waals surface area (Å²) in [5, 5.41) is 81.9. The number of phenolic OH excluding ortho intramolecular Hbond substituents is 1. The Morgan fingerprint density at radius 3 is 1.54 bits per heavy atom. The zero-order valence-corrected chi connectivity index (χ0v) is 71.6. The number of phenols is 1. The molecule has 2 aliphatic carbocycles. The number of ether oxygens (including phenoxy) is 1. The van der Waals surface area contributed by atoms with E-state index in [-0.39, 0.29) is 46.7 Å². The van der Waals surface area contributed by atoms with Crippen molar-refractivity contribution in [3.8, 4) is 17.1 Å². The number of rotatable bonds is 17. The maximum atomic E-state index is 11.6. The van der Waals surface area contributed by atoms with Crippen LogP contribution in [0.3, 0.4) is 0 Å². The van der Waals surface area contributed by atoms with E-state index in [4.69, 9.17) is 20.7 Å². The van der Waals surface area contributed by atoms with Gasteiger partial charge in [0.25, 0.3) is 5.91 Å². The van der Waals surface area contributed by atoms with E-state index in [2.05, 4.69) is 158 Å². The maximum absolute atomic E-state index is 11.6. The fourth-order valence-corrected chi connectivity index (χ4v) is 14.0. The number of carbonyl (C=O) groups is 4.